The van der Waals surface area contributed by atoms with Crippen LogP contribution in [0.5, 0.6) is 11.5 Å². The smallest absolute Gasteiger partial charge is 0.127 e. The van der Waals surface area contributed by atoms with Gasteiger partial charge in [0.15, 0.2) is 0 Å². The monoisotopic (exact) mass is 394 g/mol. The van der Waals surface area contributed by atoms with E-state index in [0.29, 0.717) is 11.8 Å². The van der Waals surface area contributed by atoms with Gasteiger partial charge in [-0.1, -0.05) is 73.5 Å². The van der Waals surface area contributed by atoms with Crippen LogP contribution in [-0.4, -0.2) is 13.2 Å². The molecule has 0 unspecified atom stereocenters. The van der Waals surface area contributed by atoms with Crippen molar-refractivity contribution in [3.05, 3.63) is 72.8 Å². The summed E-state index contributed by atoms with van der Waals surface area (Å²) in [6.45, 7) is 1.45. The van der Waals surface area contributed by atoms with Crippen molar-refractivity contribution in [2.45, 2.75) is 25.7 Å². The molecule has 0 spiro atoms. The Morgan fingerprint density at radius 3 is 1.57 bits per heavy atom. The molecular weight excluding hydrogens is 368 g/mol. The maximum absolute atomic E-state index is 6.57. The lowest BCUT2D eigenvalue weighted by molar-refractivity contribution is 0.134. The topological polar surface area (TPSA) is 18.5 Å². The Labute approximate surface area is 177 Å². The van der Waals surface area contributed by atoms with Crippen molar-refractivity contribution in [2.75, 3.05) is 13.2 Å². The quantitative estimate of drug-likeness (QED) is 0.339. The summed E-state index contributed by atoms with van der Waals surface area (Å²) in [6, 6.07) is 25.9. The Morgan fingerprint density at radius 2 is 1.03 bits per heavy atom. The maximum Gasteiger partial charge on any atom is 0.127 e. The lowest BCUT2D eigenvalue weighted by Crippen LogP contribution is -2.26. The molecule has 4 aromatic rings. The Bertz CT molecular complexity index is 1130. The molecule has 4 aromatic carbocycles. The van der Waals surface area contributed by atoms with Gasteiger partial charge in [0, 0.05) is 17.0 Å². The highest BCUT2D eigenvalue weighted by atomic mass is 16.5. The Kier molecular flexibility index (Phi) is 4.37. The Hall–Kier alpha value is -3.00. The molecule has 0 N–H and O–H groups in total. The number of fused-ring (bicyclic) bond motifs is 7. The highest BCUT2D eigenvalue weighted by molar-refractivity contribution is 6.09. The largest absolute Gasteiger partial charge is 0.492 e. The van der Waals surface area contributed by atoms with Gasteiger partial charge in [0.05, 0.1) is 13.2 Å². The normalized spacial score (nSPS) is 17.5. The number of hydrogen-bond acceptors (Lipinski definition) is 2. The van der Waals surface area contributed by atoms with Crippen LogP contribution in [0, 0.1) is 11.8 Å². The summed E-state index contributed by atoms with van der Waals surface area (Å²) in [5, 5.41) is 4.89. The predicted molar refractivity (Wildman–Crippen MR) is 123 cm³/mol. The first-order valence-electron chi connectivity index (χ1n) is 11.2. The number of rotatable bonds is 1. The first-order chi connectivity index (χ1) is 14.9. The average molecular weight is 395 g/mol. The highest BCUT2D eigenvalue weighted by Gasteiger charge is 2.29. The van der Waals surface area contributed by atoms with Crippen molar-refractivity contribution in [3.63, 3.8) is 0 Å². The second-order valence-electron chi connectivity index (χ2n) is 8.75. The van der Waals surface area contributed by atoms with Gasteiger partial charge in [0.25, 0.3) is 0 Å². The minimum absolute atomic E-state index is 0.434. The van der Waals surface area contributed by atoms with Crippen molar-refractivity contribution >= 4 is 21.5 Å². The summed E-state index contributed by atoms with van der Waals surface area (Å²) >= 11 is 0. The van der Waals surface area contributed by atoms with E-state index in [1.54, 1.807) is 0 Å². The minimum Gasteiger partial charge on any atom is -0.492 e. The van der Waals surface area contributed by atoms with Crippen LogP contribution >= 0.6 is 0 Å². The number of hydrogen-bond donors (Lipinski definition) is 0. The van der Waals surface area contributed by atoms with E-state index in [0.717, 1.165) is 35.8 Å². The van der Waals surface area contributed by atoms with Gasteiger partial charge in [0.1, 0.15) is 11.5 Å². The molecule has 30 heavy (non-hydrogen) atoms. The van der Waals surface area contributed by atoms with Gasteiger partial charge in [-0.3, -0.25) is 0 Å². The fraction of sp³-hybridized carbons (Fsp3) is 0.286. The molecule has 150 valence electrons. The first kappa shape index (κ1) is 17.8. The SMILES string of the molecule is c1ccc2c3c(ccc2c1)OCC(C1CCCC1)COc1ccc2ccccc2c1-3. The van der Waals surface area contributed by atoms with Gasteiger partial charge in [-0.2, -0.15) is 0 Å². The molecule has 2 heteroatoms. The zero-order chi connectivity index (χ0) is 19.9. The third kappa shape index (κ3) is 2.94. The number of benzene rings is 4. The second kappa shape index (κ2) is 7.36. The van der Waals surface area contributed by atoms with Crippen LogP contribution < -0.4 is 9.47 Å². The molecule has 2 aliphatic rings. The molecule has 0 aromatic heterocycles. The van der Waals surface area contributed by atoms with Crippen LogP contribution in [0.15, 0.2) is 72.8 Å². The third-order valence-corrected chi connectivity index (χ3v) is 7.00. The fourth-order valence-corrected chi connectivity index (χ4v) is 5.40. The standard InChI is InChI=1S/C28H26O2/c1-2-8-19(7-1)22-17-29-25-15-13-20-9-3-5-11-23(20)27(25)28-24-12-6-4-10-21(24)14-16-26(28)30-18-22/h3-6,9-16,19,22H,1-2,7-8,17-18H2. The summed E-state index contributed by atoms with van der Waals surface area (Å²) in [5.41, 5.74) is 2.32. The summed E-state index contributed by atoms with van der Waals surface area (Å²) in [7, 11) is 0. The van der Waals surface area contributed by atoms with Crippen molar-refractivity contribution in [2.24, 2.45) is 11.8 Å². The molecule has 1 heterocycles. The lowest BCUT2D eigenvalue weighted by Gasteiger charge is -2.23. The summed E-state index contributed by atoms with van der Waals surface area (Å²) in [4.78, 5) is 0. The van der Waals surface area contributed by atoms with Crippen molar-refractivity contribution in [1.29, 1.82) is 0 Å². The van der Waals surface area contributed by atoms with E-state index < -0.39 is 0 Å². The van der Waals surface area contributed by atoms with Gasteiger partial charge in [-0.05, 0) is 52.4 Å². The molecule has 2 nitrogen and oxygen atoms in total. The Balaban J connectivity index is 1.61. The van der Waals surface area contributed by atoms with Gasteiger partial charge in [-0.15, -0.1) is 0 Å². The second-order valence-corrected chi connectivity index (χ2v) is 8.75. The lowest BCUT2D eigenvalue weighted by atomic mass is 9.92. The minimum atomic E-state index is 0.434. The van der Waals surface area contributed by atoms with E-state index in [1.165, 1.54) is 47.2 Å². The molecule has 1 fully saturated rings. The fourth-order valence-electron chi connectivity index (χ4n) is 5.40. The van der Waals surface area contributed by atoms with E-state index in [9.17, 15) is 0 Å². The van der Waals surface area contributed by atoms with Gasteiger partial charge >= 0.3 is 0 Å². The molecule has 1 aliphatic heterocycles. The Morgan fingerprint density at radius 1 is 0.533 bits per heavy atom. The van der Waals surface area contributed by atoms with Crippen molar-refractivity contribution < 1.29 is 9.47 Å². The molecule has 0 bridgehead atoms. The first-order valence-corrected chi connectivity index (χ1v) is 11.2. The third-order valence-electron chi connectivity index (χ3n) is 7.00. The molecule has 0 amide bonds. The average Bonchev–Trinajstić information content (AvgIpc) is 3.35. The molecule has 6 rings (SSSR count). The van der Waals surface area contributed by atoms with Gasteiger partial charge in [0.2, 0.25) is 0 Å². The van der Waals surface area contributed by atoms with E-state index >= 15 is 0 Å². The maximum atomic E-state index is 6.57. The summed E-state index contributed by atoms with van der Waals surface area (Å²) < 4.78 is 13.1. The molecule has 0 radical (unpaired) electrons. The van der Waals surface area contributed by atoms with Crippen molar-refractivity contribution in [1.82, 2.24) is 0 Å². The van der Waals surface area contributed by atoms with Crippen LogP contribution in [-0.2, 0) is 0 Å². The van der Waals surface area contributed by atoms with Crippen LogP contribution in [0.2, 0.25) is 0 Å². The van der Waals surface area contributed by atoms with Gasteiger partial charge in [-0.25, -0.2) is 0 Å². The van der Waals surface area contributed by atoms with E-state index in [-0.39, 0.29) is 0 Å². The molecule has 1 aliphatic carbocycles. The molecule has 0 atom stereocenters. The zero-order valence-electron chi connectivity index (χ0n) is 17.1. The van der Waals surface area contributed by atoms with Crippen molar-refractivity contribution in [3.8, 4) is 22.6 Å². The van der Waals surface area contributed by atoms with Crippen LogP contribution in [0.3, 0.4) is 0 Å². The molecule has 1 saturated carbocycles. The highest BCUT2D eigenvalue weighted by Crippen LogP contribution is 2.46. The number of ether oxygens (including phenoxy) is 2. The van der Waals surface area contributed by atoms with Crippen LogP contribution in [0.1, 0.15) is 25.7 Å². The molecule has 0 saturated heterocycles. The van der Waals surface area contributed by atoms with Crippen LogP contribution in [0.4, 0.5) is 0 Å². The zero-order valence-corrected chi connectivity index (χ0v) is 17.1. The molecular formula is C28H26O2. The predicted octanol–water partition coefficient (Wildman–Crippen LogP) is 7.24. The summed E-state index contributed by atoms with van der Waals surface area (Å²) in [5.74, 6) is 3.08. The van der Waals surface area contributed by atoms with E-state index in [4.69, 9.17) is 9.47 Å². The summed E-state index contributed by atoms with van der Waals surface area (Å²) in [6.07, 6.45) is 5.27. The van der Waals surface area contributed by atoms with Crippen LogP contribution in [0.25, 0.3) is 32.7 Å². The van der Waals surface area contributed by atoms with Gasteiger partial charge < -0.3 is 9.47 Å². The van der Waals surface area contributed by atoms with E-state index in [1.807, 2.05) is 0 Å². The van der Waals surface area contributed by atoms with E-state index in [2.05, 4.69) is 72.8 Å².